The fourth-order valence-corrected chi connectivity index (χ4v) is 3.27. The number of rotatable bonds is 5. The summed E-state index contributed by atoms with van der Waals surface area (Å²) < 4.78 is 68.1. The zero-order valence-electron chi connectivity index (χ0n) is 18.1. The number of hydrogen-bond donors (Lipinski definition) is 1. The molecule has 0 unspecified atom stereocenters. The molecule has 0 aliphatic rings. The van der Waals surface area contributed by atoms with E-state index in [0.717, 1.165) is 0 Å². The van der Waals surface area contributed by atoms with Gasteiger partial charge in [-0.2, -0.15) is 0 Å². The van der Waals surface area contributed by atoms with Crippen LogP contribution in [0, 0.1) is 29.1 Å². The number of ketones is 1. The van der Waals surface area contributed by atoms with Gasteiger partial charge in [-0.25, -0.2) is 31.9 Å². The van der Waals surface area contributed by atoms with Gasteiger partial charge >= 0.3 is 16.5 Å². The van der Waals surface area contributed by atoms with E-state index in [1.165, 1.54) is 6.07 Å². The van der Waals surface area contributed by atoms with E-state index in [9.17, 15) is 31.9 Å². The largest absolute Gasteiger partial charge is 2.00 e. The second-order valence-electron chi connectivity index (χ2n) is 7.03. The van der Waals surface area contributed by atoms with Crippen molar-refractivity contribution in [2.45, 2.75) is 0 Å². The van der Waals surface area contributed by atoms with Crippen molar-refractivity contribution in [3.63, 3.8) is 0 Å². The van der Waals surface area contributed by atoms with Crippen LogP contribution in [0.5, 0.6) is 5.88 Å². The molecule has 1 N–H and O–H groups in total. The summed E-state index contributed by atoms with van der Waals surface area (Å²) in [6.07, 6.45) is 0.425. The molecule has 12 heteroatoms. The number of nitrogens with zero attached hydrogens (tertiary/aromatic N) is 2. The van der Waals surface area contributed by atoms with Crippen LogP contribution in [-0.4, -0.2) is 22.1 Å². The van der Waals surface area contributed by atoms with Gasteiger partial charge in [0.25, 0.3) is 0 Å². The third-order valence-electron chi connectivity index (χ3n) is 4.90. The Morgan fingerprint density at radius 1 is 0.757 bits per heavy atom. The van der Waals surface area contributed by atoms with Gasteiger partial charge < -0.3 is 39.1 Å². The minimum atomic E-state index is -2.34. The number of carbonyl (C=O) groups is 1. The number of benzene rings is 3. The average Bonchev–Trinajstić information content (AvgIpc) is 2.86. The maximum atomic E-state index is 14.0. The standard InChI is InChI=1S/C25H13F5N2O2.2BrH.Ni/c26-19-20(27)22(29)24(23(30)21(19)28)31-12-17(33)15-11-16(13-7-3-1-4-8-13)32-25(34)18(15)14-9-5-2-6-10-14;;;/h1-12H,(H,32,34);2*1H;/q;;;+2/p-2. The van der Waals surface area contributed by atoms with Crippen molar-refractivity contribution in [1.29, 1.82) is 0 Å². The van der Waals surface area contributed by atoms with Gasteiger partial charge in [0.2, 0.25) is 17.5 Å². The predicted molar refractivity (Wildman–Crippen MR) is 115 cm³/mol. The first-order chi connectivity index (χ1) is 16.3. The number of pyridine rings is 1. The molecule has 0 atom stereocenters. The number of Topliss-reactive ketones (excluding diaryl/α,β-unsaturated/α-hetero) is 1. The third-order valence-corrected chi connectivity index (χ3v) is 4.90. The van der Waals surface area contributed by atoms with Crippen molar-refractivity contribution in [1.82, 2.24) is 4.98 Å². The van der Waals surface area contributed by atoms with Gasteiger partial charge in [0.1, 0.15) is 5.69 Å². The molecule has 0 saturated heterocycles. The minimum absolute atomic E-state index is 0. The van der Waals surface area contributed by atoms with E-state index in [4.69, 9.17) is 0 Å². The van der Waals surface area contributed by atoms with Gasteiger partial charge in [-0.3, -0.25) is 4.79 Å². The third kappa shape index (κ3) is 6.49. The van der Waals surface area contributed by atoms with Crippen molar-refractivity contribution < 1.29 is 82.3 Å². The van der Waals surface area contributed by atoms with E-state index in [1.807, 2.05) is 0 Å². The Kier molecular flexibility index (Phi) is 11.8. The first kappa shape index (κ1) is 32.1. The van der Waals surface area contributed by atoms with Crippen molar-refractivity contribution in [2.24, 2.45) is 4.99 Å². The monoisotopic (exact) mass is 684 g/mol. The van der Waals surface area contributed by atoms with Gasteiger partial charge in [-0.05, 0) is 11.6 Å². The summed E-state index contributed by atoms with van der Waals surface area (Å²) in [6, 6.07) is 18.1. The maximum Gasteiger partial charge on any atom is 2.00 e. The first-order valence-corrected chi connectivity index (χ1v) is 9.74. The predicted octanol–water partition coefficient (Wildman–Crippen LogP) is 0.407. The molecule has 37 heavy (non-hydrogen) atoms. The Morgan fingerprint density at radius 2 is 1.22 bits per heavy atom. The van der Waals surface area contributed by atoms with Crippen LogP contribution in [0.2, 0.25) is 0 Å². The van der Waals surface area contributed by atoms with Crippen molar-refractivity contribution in [2.75, 3.05) is 0 Å². The quantitative estimate of drug-likeness (QED) is 0.0827. The molecule has 0 aliphatic heterocycles. The Morgan fingerprint density at radius 3 is 1.73 bits per heavy atom. The molecule has 0 radical (unpaired) electrons. The zero-order chi connectivity index (χ0) is 24.4. The molecule has 4 rings (SSSR count). The summed E-state index contributed by atoms with van der Waals surface area (Å²) >= 11 is 0. The smallest absolute Gasteiger partial charge is 1.00 e. The van der Waals surface area contributed by atoms with E-state index in [0.29, 0.717) is 17.3 Å². The van der Waals surface area contributed by atoms with Gasteiger partial charge in [-0.1, -0.05) is 60.7 Å². The molecule has 0 bridgehead atoms. The molecule has 4 nitrogen and oxygen atoms in total. The average molecular weight is 687 g/mol. The molecule has 1 heterocycles. The molecule has 4 aromatic rings. The Hall–Kier alpha value is -2.95. The molecule has 194 valence electrons. The van der Waals surface area contributed by atoms with E-state index in [1.54, 1.807) is 60.7 Å². The molecule has 0 saturated carbocycles. The number of hydrogen-bond acceptors (Lipinski definition) is 4. The Bertz CT molecular complexity index is 1410. The summed E-state index contributed by atoms with van der Waals surface area (Å²) in [5.74, 6) is -12.5. The molecule has 0 aliphatic carbocycles. The van der Waals surface area contributed by atoms with E-state index in [-0.39, 0.29) is 67.3 Å². The van der Waals surface area contributed by atoms with Crippen LogP contribution in [0.4, 0.5) is 27.6 Å². The number of aliphatic imine (C=N–C) groups is 1. The second kappa shape index (κ2) is 13.6. The summed E-state index contributed by atoms with van der Waals surface area (Å²) in [5, 5.41) is 10.6. The SMILES string of the molecule is O=C(C=Nc1c(F)c(F)c(F)c(F)c1F)c1cc(-c2ccccc2)nc(O)c1-c1ccccc1.[Br-].[Br-].[Ni+2]. The number of aromatic hydroxyl groups is 1. The summed E-state index contributed by atoms with van der Waals surface area (Å²) in [5.41, 5.74) is -0.471. The molecule has 0 amide bonds. The van der Waals surface area contributed by atoms with Gasteiger partial charge in [-0.15, -0.1) is 0 Å². The molecule has 0 fully saturated rings. The molecule has 3 aromatic carbocycles. The van der Waals surface area contributed by atoms with Crippen LogP contribution in [0.3, 0.4) is 0 Å². The molecular formula is C25H13Br2F5N2NiO2. The van der Waals surface area contributed by atoms with Crippen LogP contribution < -0.4 is 34.0 Å². The van der Waals surface area contributed by atoms with E-state index >= 15 is 0 Å². The molecular weight excluding hydrogens is 674 g/mol. The van der Waals surface area contributed by atoms with Crippen molar-refractivity contribution >= 4 is 17.7 Å². The normalized spacial score (nSPS) is 10.3. The fourth-order valence-electron chi connectivity index (χ4n) is 3.27. The second-order valence-corrected chi connectivity index (χ2v) is 7.03. The van der Waals surface area contributed by atoms with Gasteiger partial charge in [0.05, 0.1) is 17.5 Å². The van der Waals surface area contributed by atoms with Gasteiger partial charge in [0.15, 0.2) is 23.3 Å². The fraction of sp³-hybridized carbons (Fsp3) is 0. The zero-order valence-corrected chi connectivity index (χ0v) is 22.3. The van der Waals surface area contributed by atoms with Crippen LogP contribution in [0.15, 0.2) is 71.7 Å². The summed E-state index contributed by atoms with van der Waals surface area (Å²) in [7, 11) is 0. The molecule has 0 spiro atoms. The summed E-state index contributed by atoms with van der Waals surface area (Å²) in [4.78, 5) is 20.4. The Labute approximate surface area is 238 Å². The topological polar surface area (TPSA) is 62.5 Å². The summed E-state index contributed by atoms with van der Waals surface area (Å²) in [6.45, 7) is 0. The van der Waals surface area contributed by atoms with Gasteiger partial charge in [0, 0.05) is 11.1 Å². The van der Waals surface area contributed by atoms with Crippen LogP contribution in [-0.2, 0) is 16.5 Å². The van der Waals surface area contributed by atoms with Crippen LogP contribution >= 0.6 is 0 Å². The van der Waals surface area contributed by atoms with Crippen molar-refractivity contribution in [3.8, 4) is 28.3 Å². The van der Waals surface area contributed by atoms with Crippen molar-refractivity contribution in [3.05, 3.63) is 101 Å². The van der Waals surface area contributed by atoms with Crippen LogP contribution in [0.1, 0.15) is 10.4 Å². The van der Waals surface area contributed by atoms with E-state index < -0.39 is 46.4 Å². The van der Waals surface area contributed by atoms with Crippen LogP contribution in [0.25, 0.3) is 22.4 Å². The molecule has 1 aromatic heterocycles. The van der Waals surface area contributed by atoms with E-state index in [2.05, 4.69) is 9.98 Å². The number of halogens is 7. The number of carbonyl (C=O) groups excluding carboxylic acids is 1. The maximum absolute atomic E-state index is 14.0. The number of aromatic nitrogens is 1. The minimum Gasteiger partial charge on any atom is -1.00 e. The Balaban J connectivity index is 0.00000228. The first-order valence-electron chi connectivity index (χ1n) is 9.74.